The van der Waals surface area contributed by atoms with Gasteiger partial charge in [0.2, 0.25) is 0 Å². The number of nitrogens with zero attached hydrogens (tertiary/aromatic N) is 2. The van der Waals surface area contributed by atoms with Gasteiger partial charge in [0.15, 0.2) is 14.6 Å². The first-order chi connectivity index (χ1) is 14.2. The van der Waals surface area contributed by atoms with Crippen molar-refractivity contribution in [2.45, 2.75) is 31.7 Å². The normalized spacial score (nSPS) is 12.3. The summed E-state index contributed by atoms with van der Waals surface area (Å²) >= 11 is 1.16. The van der Waals surface area contributed by atoms with Gasteiger partial charge in [-0.05, 0) is 37.6 Å². The average molecular weight is 447 g/mol. The molecule has 0 aliphatic carbocycles. The molecule has 3 aromatic rings. The molecule has 0 aliphatic rings. The number of ether oxygens (including phenoxy) is 1. The number of hydrogen-bond donors (Lipinski definition) is 0. The van der Waals surface area contributed by atoms with Gasteiger partial charge in [-0.1, -0.05) is 41.2 Å². The molecule has 0 spiro atoms. The van der Waals surface area contributed by atoms with Crippen LogP contribution in [0.15, 0.2) is 52.4 Å². The van der Waals surface area contributed by atoms with E-state index in [4.69, 9.17) is 4.74 Å². The van der Waals surface area contributed by atoms with Crippen LogP contribution < -0.4 is 4.80 Å². The fourth-order valence-corrected chi connectivity index (χ4v) is 4.69. The Morgan fingerprint density at radius 2 is 1.83 bits per heavy atom. The van der Waals surface area contributed by atoms with E-state index in [2.05, 4.69) is 4.99 Å². The highest BCUT2D eigenvalue weighted by Crippen LogP contribution is 2.22. The lowest BCUT2D eigenvalue weighted by atomic mass is 10.1. The Kier molecular flexibility index (Phi) is 6.52. The molecule has 0 atom stereocenters. The lowest BCUT2D eigenvalue weighted by molar-refractivity contribution is -0.143. The van der Waals surface area contributed by atoms with Crippen LogP contribution in [0, 0.1) is 6.92 Å². The van der Waals surface area contributed by atoms with E-state index in [1.807, 2.05) is 31.2 Å². The van der Waals surface area contributed by atoms with E-state index in [1.165, 1.54) is 12.1 Å². The van der Waals surface area contributed by atoms with Crippen molar-refractivity contribution in [3.63, 3.8) is 0 Å². The molecule has 0 radical (unpaired) electrons. The second-order valence-electron chi connectivity index (χ2n) is 6.85. The Hall–Kier alpha value is -2.78. The summed E-state index contributed by atoms with van der Waals surface area (Å²) < 4.78 is 31.0. The molecule has 0 N–H and O–H groups in total. The fraction of sp³-hybridized carbons (Fsp3) is 0.286. The summed E-state index contributed by atoms with van der Waals surface area (Å²) in [6.45, 7) is 3.79. The van der Waals surface area contributed by atoms with Gasteiger partial charge in [0.05, 0.1) is 28.1 Å². The highest BCUT2D eigenvalue weighted by Gasteiger charge is 2.15. The number of carbonyl (C=O) groups is 2. The number of sulfone groups is 1. The van der Waals surface area contributed by atoms with Gasteiger partial charge in [-0.15, -0.1) is 0 Å². The zero-order chi connectivity index (χ0) is 21.9. The number of esters is 1. The quantitative estimate of drug-likeness (QED) is 0.543. The van der Waals surface area contributed by atoms with Gasteiger partial charge in [-0.2, -0.15) is 4.99 Å². The Morgan fingerprint density at radius 1 is 1.13 bits per heavy atom. The minimum atomic E-state index is -3.39. The van der Waals surface area contributed by atoms with Crippen LogP contribution in [-0.4, -0.2) is 37.7 Å². The summed E-state index contributed by atoms with van der Waals surface area (Å²) in [5.41, 5.74) is 2.55. The molecule has 0 aliphatic heterocycles. The number of benzene rings is 2. The van der Waals surface area contributed by atoms with E-state index in [0.717, 1.165) is 28.7 Å². The molecule has 0 unspecified atom stereocenters. The third-order valence-electron chi connectivity index (χ3n) is 4.37. The smallest absolute Gasteiger partial charge is 0.326 e. The summed E-state index contributed by atoms with van der Waals surface area (Å²) in [5.74, 6) is -0.817. The molecule has 1 heterocycles. The highest BCUT2D eigenvalue weighted by atomic mass is 32.2. The van der Waals surface area contributed by atoms with Crippen LogP contribution >= 0.6 is 11.3 Å². The van der Waals surface area contributed by atoms with Gasteiger partial charge in [0.1, 0.15) is 6.54 Å². The first-order valence-electron chi connectivity index (χ1n) is 9.29. The van der Waals surface area contributed by atoms with Crippen molar-refractivity contribution >= 4 is 43.3 Å². The molecule has 30 heavy (non-hydrogen) atoms. The molecule has 7 nitrogen and oxygen atoms in total. The SMILES string of the molecule is CCOC(=O)Cn1c(=NC(=O)Cc2ccc(C)cc2)sc2cc(S(C)(=O)=O)ccc21. The van der Waals surface area contributed by atoms with Crippen LogP contribution in [0.2, 0.25) is 0 Å². The largest absolute Gasteiger partial charge is 0.465 e. The second kappa shape index (κ2) is 8.93. The second-order valence-corrected chi connectivity index (χ2v) is 9.87. The maximum Gasteiger partial charge on any atom is 0.326 e. The first-order valence-corrected chi connectivity index (χ1v) is 12.0. The predicted molar refractivity (Wildman–Crippen MR) is 115 cm³/mol. The number of aromatic nitrogens is 1. The van der Waals surface area contributed by atoms with E-state index in [-0.39, 0.29) is 30.4 Å². The molecule has 1 amide bonds. The molecule has 0 saturated heterocycles. The number of carbonyl (C=O) groups excluding carboxylic acids is 2. The van der Waals surface area contributed by atoms with Crippen LogP contribution in [0.1, 0.15) is 18.1 Å². The standard InChI is InChI=1S/C21H22N2O5S2/c1-4-28-20(25)13-23-17-10-9-16(30(3,26)27)12-18(17)29-21(23)22-19(24)11-15-7-5-14(2)6-8-15/h5-10,12H,4,11,13H2,1-3H3. The zero-order valence-electron chi connectivity index (χ0n) is 16.9. The molecule has 3 rings (SSSR count). The summed E-state index contributed by atoms with van der Waals surface area (Å²) in [7, 11) is -3.39. The number of thiazole rings is 1. The summed E-state index contributed by atoms with van der Waals surface area (Å²) in [5, 5.41) is 0. The summed E-state index contributed by atoms with van der Waals surface area (Å²) in [6, 6.07) is 12.2. The summed E-state index contributed by atoms with van der Waals surface area (Å²) in [4.78, 5) is 29.3. The number of amides is 1. The van der Waals surface area contributed by atoms with Crippen molar-refractivity contribution in [3.8, 4) is 0 Å². The predicted octanol–water partition coefficient (Wildman–Crippen LogP) is 2.65. The lowest BCUT2D eigenvalue weighted by Crippen LogP contribution is -2.23. The van der Waals surface area contributed by atoms with E-state index in [9.17, 15) is 18.0 Å². The number of aryl methyl sites for hydroxylation is 1. The van der Waals surface area contributed by atoms with E-state index >= 15 is 0 Å². The van der Waals surface area contributed by atoms with Crippen molar-refractivity contribution < 1.29 is 22.7 Å². The maximum absolute atomic E-state index is 12.5. The van der Waals surface area contributed by atoms with Crippen molar-refractivity contribution in [3.05, 3.63) is 58.4 Å². The Labute approximate surface area is 178 Å². The number of rotatable bonds is 6. The average Bonchev–Trinajstić information content (AvgIpc) is 2.99. The Bertz CT molecular complexity index is 1270. The van der Waals surface area contributed by atoms with Gasteiger partial charge < -0.3 is 9.30 Å². The third kappa shape index (κ3) is 5.22. The molecule has 158 valence electrons. The lowest BCUT2D eigenvalue weighted by Gasteiger charge is -2.05. The molecular formula is C21H22N2O5S2. The van der Waals surface area contributed by atoms with Gasteiger partial charge in [0.25, 0.3) is 5.91 Å². The van der Waals surface area contributed by atoms with Gasteiger partial charge in [-0.25, -0.2) is 8.42 Å². The number of hydrogen-bond acceptors (Lipinski definition) is 6. The monoisotopic (exact) mass is 446 g/mol. The van der Waals surface area contributed by atoms with Crippen molar-refractivity contribution in [1.29, 1.82) is 0 Å². The molecule has 1 aromatic heterocycles. The van der Waals surface area contributed by atoms with Crippen molar-refractivity contribution in [2.75, 3.05) is 12.9 Å². The van der Waals surface area contributed by atoms with E-state index in [0.29, 0.717) is 15.0 Å². The van der Waals surface area contributed by atoms with Crippen molar-refractivity contribution in [1.82, 2.24) is 4.57 Å². The Morgan fingerprint density at radius 3 is 2.47 bits per heavy atom. The van der Waals surface area contributed by atoms with Gasteiger partial charge in [0, 0.05) is 6.26 Å². The topological polar surface area (TPSA) is 94.8 Å². The molecule has 0 saturated carbocycles. The fourth-order valence-electron chi connectivity index (χ4n) is 2.88. The first kappa shape index (κ1) is 21.9. The Balaban J connectivity index is 2.05. The van der Waals surface area contributed by atoms with E-state index < -0.39 is 15.8 Å². The molecular weight excluding hydrogens is 424 g/mol. The molecule has 9 heteroatoms. The number of fused-ring (bicyclic) bond motifs is 1. The summed E-state index contributed by atoms with van der Waals surface area (Å²) in [6.07, 6.45) is 1.26. The highest BCUT2D eigenvalue weighted by molar-refractivity contribution is 7.90. The molecule has 0 fully saturated rings. The van der Waals surface area contributed by atoms with Crippen LogP contribution in [0.25, 0.3) is 10.2 Å². The third-order valence-corrected chi connectivity index (χ3v) is 6.52. The van der Waals surface area contributed by atoms with Crippen LogP contribution in [0.5, 0.6) is 0 Å². The van der Waals surface area contributed by atoms with E-state index in [1.54, 1.807) is 17.6 Å². The molecule has 2 aromatic carbocycles. The van der Waals surface area contributed by atoms with Crippen LogP contribution in [0.3, 0.4) is 0 Å². The van der Waals surface area contributed by atoms with Gasteiger partial charge in [-0.3, -0.25) is 9.59 Å². The van der Waals surface area contributed by atoms with Crippen molar-refractivity contribution in [2.24, 2.45) is 4.99 Å². The van der Waals surface area contributed by atoms with Crippen LogP contribution in [-0.2, 0) is 37.1 Å². The maximum atomic E-state index is 12.5. The minimum Gasteiger partial charge on any atom is -0.465 e. The van der Waals surface area contributed by atoms with Crippen LogP contribution in [0.4, 0.5) is 0 Å². The molecule has 0 bridgehead atoms. The van der Waals surface area contributed by atoms with Gasteiger partial charge >= 0.3 is 5.97 Å². The zero-order valence-corrected chi connectivity index (χ0v) is 18.5. The minimum absolute atomic E-state index is 0.122.